The lowest BCUT2D eigenvalue weighted by molar-refractivity contribution is 0.312. The molecule has 2 N–H and O–H groups in total. The fraction of sp³-hybridized carbons (Fsp3) is 0.500. The van der Waals surface area contributed by atoms with Gasteiger partial charge in [0, 0.05) is 44.0 Å². The van der Waals surface area contributed by atoms with Crippen LogP contribution in [-0.2, 0) is 6.54 Å². The van der Waals surface area contributed by atoms with E-state index in [1.807, 2.05) is 6.07 Å². The molecule has 0 aromatic heterocycles. The van der Waals surface area contributed by atoms with Crippen LogP contribution in [-0.4, -0.2) is 38.1 Å². The summed E-state index contributed by atoms with van der Waals surface area (Å²) in [6.07, 6.45) is 0. The summed E-state index contributed by atoms with van der Waals surface area (Å²) in [6.45, 7) is 4.16. The molecule has 0 amide bonds. The van der Waals surface area contributed by atoms with E-state index in [-0.39, 0.29) is 12.4 Å². The zero-order valence-corrected chi connectivity index (χ0v) is 9.62. The molecule has 0 aliphatic carbocycles. The van der Waals surface area contributed by atoms with Crippen LogP contribution in [0.25, 0.3) is 0 Å². The molecular weight excluding hydrogens is 205 g/mol. The van der Waals surface area contributed by atoms with Crippen LogP contribution in [0.3, 0.4) is 0 Å². The molecule has 1 aliphatic heterocycles. The average Bonchev–Trinajstić information content (AvgIpc) is 2.30. The van der Waals surface area contributed by atoms with Crippen molar-refractivity contribution >= 4 is 5.69 Å². The van der Waals surface area contributed by atoms with E-state index >= 15 is 0 Å². The van der Waals surface area contributed by atoms with Crippen LogP contribution in [0.2, 0.25) is 0 Å². The van der Waals surface area contributed by atoms with E-state index in [4.69, 9.17) is 5.73 Å². The van der Waals surface area contributed by atoms with Crippen LogP contribution in [0.5, 0.6) is 0 Å². The number of piperazine rings is 1. The molecule has 1 aliphatic rings. The number of nitrogens with zero attached hydrogens (tertiary/aromatic N) is 2. The minimum atomic E-state index is -0.195. The van der Waals surface area contributed by atoms with Gasteiger partial charge in [-0.15, -0.1) is 0 Å². The highest BCUT2D eigenvalue weighted by atomic mass is 19.1. The van der Waals surface area contributed by atoms with E-state index in [1.54, 1.807) is 6.07 Å². The van der Waals surface area contributed by atoms with Crippen LogP contribution in [0, 0.1) is 5.82 Å². The molecule has 0 unspecified atom stereocenters. The normalized spacial score (nSPS) is 17.8. The molecule has 0 saturated carbocycles. The Hall–Kier alpha value is -1.13. The van der Waals surface area contributed by atoms with Crippen molar-refractivity contribution in [3.63, 3.8) is 0 Å². The van der Waals surface area contributed by atoms with E-state index in [0.717, 1.165) is 31.9 Å². The van der Waals surface area contributed by atoms with Gasteiger partial charge in [0.2, 0.25) is 0 Å². The number of rotatable bonds is 2. The second-order valence-corrected chi connectivity index (χ2v) is 4.23. The molecule has 4 heteroatoms. The third-order valence-corrected chi connectivity index (χ3v) is 3.14. The lowest BCUT2D eigenvalue weighted by Gasteiger charge is -2.35. The molecule has 1 aromatic rings. The van der Waals surface area contributed by atoms with Gasteiger partial charge in [0.15, 0.2) is 0 Å². The molecule has 1 aromatic carbocycles. The fourth-order valence-electron chi connectivity index (χ4n) is 2.09. The summed E-state index contributed by atoms with van der Waals surface area (Å²) in [5.74, 6) is -0.195. The number of halogens is 1. The van der Waals surface area contributed by atoms with Crippen molar-refractivity contribution in [1.29, 1.82) is 0 Å². The first-order valence-electron chi connectivity index (χ1n) is 5.63. The Bertz CT molecular complexity index is 359. The van der Waals surface area contributed by atoms with Crippen LogP contribution in [0.15, 0.2) is 18.2 Å². The van der Waals surface area contributed by atoms with E-state index < -0.39 is 0 Å². The average molecular weight is 223 g/mol. The third-order valence-electron chi connectivity index (χ3n) is 3.14. The summed E-state index contributed by atoms with van der Waals surface area (Å²) < 4.78 is 13.6. The van der Waals surface area contributed by atoms with Crippen LogP contribution >= 0.6 is 0 Å². The molecule has 0 atom stereocenters. The Morgan fingerprint density at radius 2 is 1.94 bits per heavy atom. The first-order valence-corrected chi connectivity index (χ1v) is 5.63. The van der Waals surface area contributed by atoms with Crippen molar-refractivity contribution < 1.29 is 4.39 Å². The van der Waals surface area contributed by atoms with E-state index in [2.05, 4.69) is 16.8 Å². The summed E-state index contributed by atoms with van der Waals surface area (Å²) >= 11 is 0. The molecule has 1 heterocycles. The van der Waals surface area contributed by atoms with Crippen molar-refractivity contribution in [3.8, 4) is 0 Å². The Kier molecular flexibility index (Phi) is 3.41. The summed E-state index contributed by atoms with van der Waals surface area (Å²) in [4.78, 5) is 4.49. The lowest BCUT2D eigenvalue weighted by atomic mass is 10.1. The summed E-state index contributed by atoms with van der Waals surface area (Å²) in [6, 6.07) is 5.18. The quantitative estimate of drug-likeness (QED) is 0.813. The van der Waals surface area contributed by atoms with Crippen molar-refractivity contribution in [2.45, 2.75) is 6.54 Å². The Balaban J connectivity index is 2.23. The predicted molar refractivity (Wildman–Crippen MR) is 64.0 cm³/mol. The Morgan fingerprint density at radius 1 is 1.25 bits per heavy atom. The molecule has 1 saturated heterocycles. The van der Waals surface area contributed by atoms with Gasteiger partial charge in [-0.25, -0.2) is 4.39 Å². The van der Waals surface area contributed by atoms with Crippen LogP contribution in [0.4, 0.5) is 10.1 Å². The van der Waals surface area contributed by atoms with Gasteiger partial charge in [0.1, 0.15) is 5.82 Å². The zero-order chi connectivity index (χ0) is 11.5. The highest BCUT2D eigenvalue weighted by molar-refractivity contribution is 5.54. The van der Waals surface area contributed by atoms with Gasteiger partial charge >= 0.3 is 0 Å². The molecule has 0 radical (unpaired) electrons. The van der Waals surface area contributed by atoms with Gasteiger partial charge in [-0.2, -0.15) is 0 Å². The third kappa shape index (κ3) is 2.18. The molecule has 88 valence electrons. The monoisotopic (exact) mass is 223 g/mol. The van der Waals surface area contributed by atoms with Crippen LogP contribution < -0.4 is 10.6 Å². The second kappa shape index (κ2) is 4.80. The van der Waals surface area contributed by atoms with Gasteiger partial charge in [0.05, 0.1) is 0 Å². The Morgan fingerprint density at radius 3 is 2.56 bits per heavy atom. The number of benzene rings is 1. The zero-order valence-electron chi connectivity index (χ0n) is 9.62. The number of nitrogens with two attached hydrogens (primary N) is 1. The van der Waals surface area contributed by atoms with Crippen molar-refractivity contribution in [3.05, 3.63) is 29.6 Å². The highest BCUT2D eigenvalue weighted by Crippen LogP contribution is 2.23. The minimum Gasteiger partial charge on any atom is -0.369 e. The standard InChI is InChI=1S/C12H18FN3/c1-15-5-7-16(8-6-15)12-4-2-3-11(13)10(12)9-14/h2-4H,5-9,14H2,1H3. The molecule has 1 fully saturated rings. The molecule has 16 heavy (non-hydrogen) atoms. The number of likely N-dealkylation sites (N-methyl/N-ethyl adjacent to an activating group) is 1. The van der Waals surface area contributed by atoms with Crippen LogP contribution in [0.1, 0.15) is 5.56 Å². The van der Waals surface area contributed by atoms with Gasteiger partial charge < -0.3 is 15.5 Å². The lowest BCUT2D eigenvalue weighted by Crippen LogP contribution is -2.45. The maximum absolute atomic E-state index is 13.6. The number of anilines is 1. The second-order valence-electron chi connectivity index (χ2n) is 4.23. The van der Waals surface area contributed by atoms with Crippen molar-refractivity contribution in [1.82, 2.24) is 4.90 Å². The first-order chi connectivity index (χ1) is 7.72. The molecule has 3 nitrogen and oxygen atoms in total. The Labute approximate surface area is 95.6 Å². The number of hydrogen-bond acceptors (Lipinski definition) is 3. The topological polar surface area (TPSA) is 32.5 Å². The van der Waals surface area contributed by atoms with E-state index in [1.165, 1.54) is 6.07 Å². The number of hydrogen-bond donors (Lipinski definition) is 1. The van der Waals surface area contributed by atoms with Gasteiger partial charge in [-0.05, 0) is 19.2 Å². The molecule has 0 spiro atoms. The molecule has 0 bridgehead atoms. The minimum absolute atomic E-state index is 0.195. The maximum atomic E-state index is 13.6. The summed E-state index contributed by atoms with van der Waals surface area (Å²) in [7, 11) is 2.10. The van der Waals surface area contributed by atoms with Gasteiger partial charge in [0.25, 0.3) is 0 Å². The summed E-state index contributed by atoms with van der Waals surface area (Å²) in [5.41, 5.74) is 7.19. The van der Waals surface area contributed by atoms with Crippen molar-refractivity contribution in [2.24, 2.45) is 5.73 Å². The smallest absolute Gasteiger partial charge is 0.129 e. The molecular formula is C12H18FN3. The maximum Gasteiger partial charge on any atom is 0.129 e. The van der Waals surface area contributed by atoms with E-state index in [9.17, 15) is 4.39 Å². The predicted octanol–water partition coefficient (Wildman–Crippen LogP) is 1.04. The van der Waals surface area contributed by atoms with Gasteiger partial charge in [-0.3, -0.25) is 0 Å². The SMILES string of the molecule is CN1CCN(c2cccc(F)c2CN)CC1. The first kappa shape index (κ1) is 11.4. The molecule has 2 rings (SSSR count). The van der Waals surface area contributed by atoms with Crippen molar-refractivity contribution in [2.75, 3.05) is 38.1 Å². The summed E-state index contributed by atoms with van der Waals surface area (Å²) in [5, 5.41) is 0. The van der Waals surface area contributed by atoms with Gasteiger partial charge in [-0.1, -0.05) is 6.07 Å². The largest absolute Gasteiger partial charge is 0.369 e. The fourth-order valence-corrected chi connectivity index (χ4v) is 2.09. The van der Waals surface area contributed by atoms with E-state index in [0.29, 0.717) is 5.56 Å². The highest BCUT2D eigenvalue weighted by Gasteiger charge is 2.17.